The molecule has 0 aliphatic carbocycles. The fraction of sp³-hybridized carbons (Fsp3) is 0.400. The van der Waals surface area contributed by atoms with Crippen molar-refractivity contribution in [3.8, 4) is 34.5 Å². The summed E-state index contributed by atoms with van der Waals surface area (Å²) in [6.45, 7) is 4.17. The highest BCUT2D eigenvalue weighted by Gasteiger charge is 2.31. The molecule has 0 unspecified atom stereocenters. The molecule has 3 rings (SSSR count). The summed E-state index contributed by atoms with van der Waals surface area (Å²) >= 11 is 7.00. The second-order valence-corrected chi connectivity index (χ2v) is 8.06. The first-order chi connectivity index (χ1) is 12.5. The summed E-state index contributed by atoms with van der Waals surface area (Å²) in [5.41, 5.74) is 1.20. The molecule has 2 aromatic carbocycles. The molecule has 0 saturated carbocycles. The lowest BCUT2D eigenvalue weighted by molar-refractivity contribution is 0.332. The molecule has 6 heteroatoms. The monoisotopic (exact) mass is 484 g/mol. The number of hydrogen-bond donors (Lipinski definition) is 2. The van der Waals surface area contributed by atoms with Gasteiger partial charge in [0.1, 0.15) is 0 Å². The van der Waals surface area contributed by atoms with E-state index in [0.717, 1.165) is 34.6 Å². The van der Waals surface area contributed by atoms with Crippen molar-refractivity contribution >= 4 is 31.9 Å². The van der Waals surface area contributed by atoms with Crippen LogP contribution in [0, 0.1) is 0 Å². The number of hydrogen-bond acceptors (Lipinski definition) is 4. The summed E-state index contributed by atoms with van der Waals surface area (Å²) in [6, 6.07) is 3.70. The number of benzene rings is 2. The van der Waals surface area contributed by atoms with Crippen LogP contribution in [0.15, 0.2) is 21.1 Å². The number of phenols is 2. The minimum atomic E-state index is -0.0959. The van der Waals surface area contributed by atoms with E-state index in [1.165, 1.54) is 0 Å². The van der Waals surface area contributed by atoms with Gasteiger partial charge in [-0.2, -0.15) is 0 Å². The highest BCUT2D eigenvalue weighted by atomic mass is 79.9. The van der Waals surface area contributed by atoms with Crippen molar-refractivity contribution < 1.29 is 19.7 Å². The van der Waals surface area contributed by atoms with E-state index in [-0.39, 0.29) is 11.5 Å². The summed E-state index contributed by atoms with van der Waals surface area (Å²) < 4.78 is 14.0. The Labute approximate surface area is 170 Å². The van der Waals surface area contributed by atoms with Gasteiger partial charge in [0.05, 0.1) is 4.47 Å². The molecular weight excluding hydrogens is 464 g/mol. The zero-order chi connectivity index (χ0) is 18.8. The van der Waals surface area contributed by atoms with Crippen molar-refractivity contribution in [3.05, 3.63) is 32.2 Å². The number of unbranched alkanes of at least 4 members (excludes halogenated alkanes) is 2. The van der Waals surface area contributed by atoms with Gasteiger partial charge in [0.2, 0.25) is 0 Å². The van der Waals surface area contributed by atoms with Crippen molar-refractivity contribution in [2.45, 2.75) is 52.4 Å². The molecule has 0 fully saturated rings. The molecule has 2 N–H and O–H groups in total. The Bertz CT molecular complexity index is 834. The van der Waals surface area contributed by atoms with E-state index in [1.807, 2.05) is 12.1 Å². The van der Waals surface area contributed by atoms with Crippen LogP contribution in [0.1, 0.15) is 50.7 Å². The van der Waals surface area contributed by atoms with Crippen LogP contribution in [-0.4, -0.2) is 10.2 Å². The van der Waals surface area contributed by atoms with Gasteiger partial charge in [-0.25, -0.2) is 0 Å². The standard InChI is InChI=1S/C20H22Br2O4/c1-3-5-7-11-16(23)17(24)12(8-6-4-2)19-18(11)25-14-10-9-13(21)15(22)20(14)26-19/h9-10,23-24H,3-8H2,1-2H3. The van der Waals surface area contributed by atoms with E-state index < -0.39 is 0 Å². The van der Waals surface area contributed by atoms with Crippen molar-refractivity contribution in [2.24, 2.45) is 0 Å². The number of rotatable bonds is 6. The Balaban J connectivity index is 2.18. The first-order valence-corrected chi connectivity index (χ1v) is 10.5. The topological polar surface area (TPSA) is 58.9 Å². The van der Waals surface area contributed by atoms with Gasteiger partial charge in [-0.05, 0) is 69.7 Å². The number of fused-ring (bicyclic) bond motifs is 2. The normalized spacial score (nSPS) is 12.2. The highest BCUT2D eigenvalue weighted by molar-refractivity contribution is 9.13. The fourth-order valence-electron chi connectivity index (χ4n) is 3.06. The van der Waals surface area contributed by atoms with E-state index in [4.69, 9.17) is 9.47 Å². The maximum Gasteiger partial charge on any atom is 0.185 e. The summed E-state index contributed by atoms with van der Waals surface area (Å²) in [5, 5.41) is 21.2. The molecule has 0 bridgehead atoms. The van der Waals surface area contributed by atoms with Crippen LogP contribution in [0.4, 0.5) is 0 Å². The van der Waals surface area contributed by atoms with Crippen LogP contribution in [0.2, 0.25) is 0 Å². The maximum atomic E-state index is 10.6. The van der Waals surface area contributed by atoms with Gasteiger partial charge in [0, 0.05) is 15.6 Å². The summed E-state index contributed by atoms with van der Waals surface area (Å²) in [4.78, 5) is 0. The number of aromatic hydroxyl groups is 2. The lowest BCUT2D eigenvalue weighted by Gasteiger charge is -2.27. The Morgan fingerprint density at radius 3 is 1.88 bits per heavy atom. The van der Waals surface area contributed by atoms with Crippen molar-refractivity contribution in [1.29, 1.82) is 0 Å². The van der Waals surface area contributed by atoms with Crippen molar-refractivity contribution in [1.82, 2.24) is 0 Å². The molecule has 4 nitrogen and oxygen atoms in total. The Hall–Kier alpha value is -1.40. The third-order valence-electron chi connectivity index (χ3n) is 4.54. The fourth-order valence-corrected chi connectivity index (χ4v) is 3.78. The predicted molar refractivity (Wildman–Crippen MR) is 109 cm³/mol. The first kappa shape index (κ1) is 19.4. The zero-order valence-corrected chi connectivity index (χ0v) is 18.0. The van der Waals surface area contributed by atoms with Gasteiger partial charge < -0.3 is 19.7 Å². The van der Waals surface area contributed by atoms with Crippen LogP contribution in [0.5, 0.6) is 34.5 Å². The Morgan fingerprint density at radius 1 is 0.808 bits per heavy atom. The van der Waals surface area contributed by atoms with Gasteiger partial charge >= 0.3 is 0 Å². The maximum absolute atomic E-state index is 10.6. The molecule has 0 aromatic heterocycles. The third kappa shape index (κ3) is 3.41. The average Bonchev–Trinajstić information content (AvgIpc) is 2.64. The first-order valence-electron chi connectivity index (χ1n) is 8.92. The van der Waals surface area contributed by atoms with E-state index in [0.29, 0.717) is 47.0 Å². The van der Waals surface area contributed by atoms with E-state index >= 15 is 0 Å². The van der Waals surface area contributed by atoms with Crippen molar-refractivity contribution in [3.63, 3.8) is 0 Å². The molecule has 1 heterocycles. The predicted octanol–water partition coefficient (Wildman–Crippen LogP) is 7.21. The van der Waals surface area contributed by atoms with E-state index in [2.05, 4.69) is 45.7 Å². The van der Waals surface area contributed by atoms with Crippen LogP contribution in [-0.2, 0) is 12.8 Å². The Morgan fingerprint density at radius 2 is 1.35 bits per heavy atom. The van der Waals surface area contributed by atoms with Gasteiger partial charge in [-0.3, -0.25) is 0 Å². The summed E-state index contributed by atoms with van der Waals surface area (Å²) in [5.74, 6) is 1.98. The molecule has 0 spiro atoms. The number of phenolic OH excluding ortho intramolecular Hbond substituents is 2. The smallest absolute Gasteiger partial charge is 0.185 e. The summed E-state index contributed by atoms with van der Waals surface area (Å²) in [7, 11) is 0. The van der Waals surface area contributed by atoms with E-state index in [1.54, 1.807) is 0 Å². The van der Waals surface area contributed by atoms with Crippen molar-refractivity contribution in [2.75, 3.05) is 0 Å². The largest absolute Gasteiger partial charge is 0.504 e. The summed E-state index contributed by atoms with van der Waals surface area (Å²) in [6.07, 6.45) is 4.93. The minimum absolute atomic E-state index is 0.0912. The number of halogens is 2. The zero-order valence-electron chi connectivity index (χ0n) is 14.9. The van der Waals surface area contributed by atoms with Crippen LogP contribution >= 0.6 is 31.9 Å². The second kappa shape index (κ2) is 8.09. The number of ether oxygens (including phenoxy) is 2. The Kier molecular flexibility index (Phi) is 6.03. The molecule has 0 saturated heterocycles. The lowest BCUT2D eigenvalue weighted by Crippen LogP contribution is -2.07. The third-order valence-corrected chi connectivity index (χ3v) is 6.52. The van der Waals surface area contributed by atoms with Gasteiger partial charge in [0.25, 0.3) is 0 Å². The van der Waals surface area contributed by atoms with Crippen LogP contribution in [0.3, 0.4) is 0 Å². The SMILES string of the molecule is CCCCc1c(O)c(O)c(CCCC)c2c1Oc1ccc(Br)c(Br)c1O2. The quantitative estimate of drug-likeness (QED) is 0.362. The van der Waals surface area contributed by atoms with Gasteiger partial charge in [0.15, 0.2) is 34.5 Å². The molecular formula is C20H22Br2O4. The molecule has 0 radical (unpaired) electrons. The molecule has 140 valence electrons. The average molecular weight is 486 g/mol. The minimum Gasteiger partial charge on any atom is -0.504 e. The van der Waals surface area contributed by atoms with Crippen LogP contribution in [0.25, 0.3) is 0 Å². The molecule has 26 heavy (non-hydrogen) atoms. The molecule has 1 aliphatic heterocycles. The second-order valence-electron chi connectivity index (χ2n) is 6.41. The lowest BCUT2D eigenvalue weighted by atomic mass is 9.97. The molecule has 0 atom stereocenters. The molecule has 2 aromatic rings. The molecule has 0 amide bonds. The molecule has 1 aliphatic rings. The van der Waals surface area contributed by atoms with Crippen LogP contribution < -0.4 is 9.47 Å². The van der Waals surface area contributed by atoms with Gasteiger partial charge in [-0.15, -0.1) is 0 Å². The van der Waals surface area contributed by atoms with E-state index in [9.17, 15) is 10.2 Å². The highest BCUT2D eigenvalue weighted by Crippen LogP contribution is 2.57. The van der Waals surface area contributed by atoms with Gasteiger partial charge in [-0.1, -0.05) is 26.7 Å².